The molecule has 2 rings (SSSR count). The van der Waals surface area contributed by atoms with Crippen LogP contribution in [-0.2, 0) is 4.74 Å². The van der Waals surface area contributed by atoms with Gasteiger partial charge in [-0.25, -0.2) is 9.78 Å². The lowest BCUT2D eigenvalue weighted by Crippen LogP contribution is -2.50. The molecule has 0 bridgehead atoms. The molecule has 1 N–H and O–H groups in total. The minimum Gasteiger partial charge on any atom is -0.444 e. The molecule has 7 heteroatoms. The average molecular weight is 320 g/mol. The Bertz CT molecular complexity index is 558. The smallest absolute Gasteiger partial charge is 0.410 e. The zero-order valence-corrected chi connectivity index (χ0v) is 14.1. The molecule has 23 heavy (non-hydrogen) atoms. The molecule has 0 spiro atoms. The van der Waals surface area contributed by atoms with E-state index in [2.05, 4.69) is 15.2 Å². The van der Waals surface area contributed by atoms with Crippen LogP contribution in [0, 0.1) is 0 Å². The minimum absolute atomic E-state index is 0.203. The fourth-order valence-corrected chi connectivity index (χ4v) is 2.31. The van der Waals surface area contributed by atoms with Crippen molar-refractivity contribution in [3.05, 3.63) is 24.0 Å². The molecule has 2 heterocycles. The van der Waals surface area contributed by atoms with Crippen LogP contribution in [0.4, 0.5) is 10.5 Å². The van der Waals surface area contributed by atoms with Crippen LogP contribution in [-0.4, -0.2) is 60.7 Å². The third-order valence-corrected chi connectivity index (χ3v) is 3.50. The number of rotatable bonds is 2. The van der Waals surface area contributed by atoms with Crippen molar-refractivity contribution >= 4 is 17.7 Å². The largest absolute Gasteiger partial charge is 0.444 e. The molecule has 1 aromatic heterocycles. The van der Waals surface area contributed by atoms with E-state index >= 15 is 0 Å². The van der Waals surface area contributed by atoms with Gasteiger partial charge in [0.15, 0.2) is 0 Å². The Labute approximate surface area is 136 Å². The number of nitrogens with one attached hydrogen (secondary N) is 1. The predicted octanol–water partition coefficient (Wildman–Crippen LogP) is 1.50. The lowest BCUT2D eigenvalue weighted by molar-refractivity contribution is 0.0240. The van der Waals surface area contributed by atoms with Crippen LogP contribution in [0.2, 0.25) is 0 Å². The number of carbonyl (C=O) groups excluding carboxylic acids is 2. The molecule has 1 fully saturated rings. The molecule has 1 saturated heterocycles. The lowest BCUT2D eigenvalue weighted by atomic mass is 10.2. The van der Waals surface area contributed by atoms with Gasteiger partial charge in [0, 0.05) is 33.2 Å². The summed E-state index contributed by atoms with van der Waals surface area (Å²) >= 11 is 0. The molecule has 0 unspecified atom stereocenters. The van der Waals surface area contributed by atoms with Crippen molar-refractivity contribution in [3.8, 4) is 0 Å². The van der Waals surface area contributed by atoms with E-state index in [0.717, 1.165) is 5.69 Å². The summed E-state index contributed by atoms with van der Waals surface area (Å²) < 4.78 is 5.38. The monoisotopic (exact) mass is 320 g/mol. The van der Waals surface area contributed by atoms with E-state index in [9.17, 15) is 9.59 Å². The van der Waals surface area contributed by atoms with Crippen LogP contribution in [0.25, 0.3) is 0 Å². The molecule has 0 radical (unpaired) electrons. The van der Waals surface area contributed by atoms with Gasteiger partial charge >= 0.3 is 6.09 Å². The van der Waals surface area contributed by atoms with Crippen LogP contribution < -0.4 is 10.2 Å². The Hall–Kier alpha value is -2.31. The second-order valence-electron chi connectivity index (χ2n) is 6.44. The summed E-state index contributed by atoms with van der Waals surface area (Å²) in [6.07, 6.45) is 1.42. The quantitative estimate of drug-likeness (QED) is 0.894. The number of hydrogen-bond acceptors (Lipinski definition) is 5. The van der Waals surface area contributed by atoms with E-state index in [1.54, 1.807) is 24.2 Å². The zero-order chi connectivity index (χ0) is 17.0. The molecule has 0 saturated carbocycles. The second-order valence-corrected chi connectivity index (χ2v) is 6.44. The SMILES string of the molecule is CNC(=O)c1ccc(N2CCN(C(=O)OC(C)(C)C)CC2)cn1. The van der Waals surface area contributed by atoms with Gasteiger partial charge < -0.3 is 19.9 Å². The van der Waals surface area contributed by atoms with Crippen LogP contribution in [0.5, 0.6) is 0 Å². The van der Waals surface area contributed by atoms with Crippen LogP contribution in [0.1, 0.15) is 31.3 Å². The normalized spacial score (nSPS) is 15.3. The van der Waals surface area contributed by atoms with Crippen molar-refractivity contribution in [2.45, 2.75) is 26.4 Å². The molecule has 126 valence electrons. The Morgan fingerprint density at radius 3 is 2.30 bits per heavy atom. The van der Waals surface area contributed by atoms with Crippen molar-refractivity contribution in [1.29, 1.82) is 0 Å². The summed E-state index contributed by atoms with van der Waals surface area (Å²) in [7, 11) is 1.58. The molecule has 0 aliphatic carbocycles. The molecule has 7 nitrogen and oxygen atoms in total. The molecule has 0 aromatic carbocycles. The summed E-state index contributed by atoms with van der Waals surface area (Å²) in [6, 6.07) is 3.58. The molecule has 2 amide bonds. The van der Waals surface area contributed by atoms with Crippen molar-refractivity contribution in [2.24, 2.45) is 0 Å². The predicted molar refractivity (Wildman–Crippen MR) is 87.6 cm³/mol. The number of amides is 2. The first-order valence-electron chi connectivity index (χ1n) is 7.71. The highest BCUT2D eigenvalue weighted by atomic mass is 16.6. The molecule has 1 aromatic rings. The summed E-state index contributed by atoms with van der Waals surface area (Å²) in [6.45, 7) is 8.21. The highest BCUT2D eigenvalue weighted by Gasteiger charge is 2.26. The zero-order valence-electron chi connectivity index (χ0n) is 14.1. The van der Waals surface area contributed by atoms with Gasteiger partial charge in [0.2, 0.25) is 0 Å². The van der Waals surface area contributed by atoms with E-state index in [0.29, 0.717) is 31.9 Å². The standard InChI is InChI=1S/C16H24N4O3/c1-16(2,3)23-15(22)20-9-7-19(8-10-20)12-5-6-13(18-11-12)14(21)17-4/h5-6,11H,7-10H2,1-4H3,(H,17,21). The summed E-state index contributed by atoms with van der Waals surface area (Å²) in [5, 5.41) is 2.54. The van der Waals surface area contributed by atoms with Gasteiger partial charge in [-0.2, -0.15) is 0 Å². The van der Waals surface area contributed by atoms with E-state index in [1.165, 1.54) is 0 Å². The number of nitrogens with zero attached hydrogens (tertiary/aromatic N) is 3. The van der Waals surface area contributed by atoms with E-state index < -0.39 is 5.60 Å². The first-order chi connectivity index (χ1) is 10.8. The van der Waals surface area contributed by atoms with Gasteiger partial charge in [0.1, 0.15) is 11.3 Å². The summed E-state index contributed by atoms with van der Waals surface area (Å²) in [5.41, 5.74) is 0.860. The fraction of sp³-hybridized carbons (Fsp3) is 0.562. The van der Waals surface area contributed by atoms with Gasteiger partial charge in [0.05, 0.1) is 11.9 Å². The van der Waals surface area contributed by atoms with E-state index in [4.69, 9.17) is 4.74 Å². The van der Waals surface area contributed by atoms with Gasteiger partial charge in [-0.1, -0.05) is 0 Å². The van der Waals surface area contributed by atoms with E-state index in [-0.39, 0.29) is 12.0 Å². The highest BCUT2D eigenvalue weighted by Crippen LogP contribution is 2.17. The third-order valence-electron chi connectivity index (χ3n) is 3.50. The second kappa shape index (κ2) is 6.85. The average Bonchev–Trinajstić information content (AvgIpc) is 2.53. The van der Waals surface area contributed by atoms with Crippen molar-refractivity contribution in [1.82, 2.24) is 15.2 Å². The molecular formula is C16H24N4O3. The number of hydrogen-bond donors (Lipinski definition) is 1. The summed E-state index contributed by atoms with van der Waals surface area (Å²) in [4.78, 5) is 31.6. The fourth-order valence-electron chi connectivity index (χ4n) is 2.31. The van der Waals surface area contributed by atoms with E-state index in [1.807, 2.05) is 26.8 Å². The maximum Gasteiger partial charge on any atom is 0.410 e. The Morgan fingerprint density at radius 2 is 1.83 bits per heavy atom. The summed E-state index contributed by atoms with van der Waals surface area (Å²) in [5.74, 6) is -0.203. The van der Waals surface area contributed by atoms with Gasteiger partial charge in [-0.3, -0.25) is 4.79 Å². The van der Waals surface area contributed by atoms with Crippen molar-refractivity contribution in [2.75, 3.05) is 38.1 Å². The highest BCUT2D eigenvalue weighted by molar-refractivity contribution is 5.92. The molecular weight excluding hydrogens is 296 g/mol. The topological polar surface area (TPSA) is 74.8 Å². The molecule has 0 atom stereocenters. The van der Waals surface area contributed by atoms with Gasteiger partial charge in [-0.05, 0) is 32.9 Å². The maximum atomic E-state index is 12.0. The number of aromatic nitrogens is 1. The third kappa shape index (κ3) is 4.58. The Morgan fingerprint density at radius 1 is 1.17 bits per heavy atom. The van der Waals surface area contributed by atoms with Crippen LogP contribution in [0.15, 0.2) is 18.3 Å². The van der Waals surface area contributed by atoms with Gasteiger partial charge in [-0.15, -0.1) is 0 Å². The number of pyridine rings is 1. The number of carbonyl (C=O) groups is 2. The number of anilines is 1. The lowest BCUT2D eigenvalue weighted by Gasteiger charge is -2.36. The van der Waals surface area contributed by atoms with Crippen molar-refractivity contribution in [3.63, 3.8) is 0 Å². The molecule has 1 aliphatic rings. The first kappa shape index (κ1) is 17.1. The molecule has 1 aliphatic heterocycles. The van der Waals surface area contributed by atoms with Crippen LogP contribution in [0.3, 0.4) is 0 Å². The van der Waals surface area contributed by atoms with Crippen LogP contribution >= 0.6 is 0 Å². The Kier molecular flexibility index (Phi) is 5.08. The first-order valence-corrected chi connectivity index (χ1v) is 7.71. The minimum atomic E-state index is -0.478. The maximum absolute atomic E-state index is 12.0. The van der Waals surface area contributed by atoms with Crippen molar-refractivity contribution < 1.29 is 14.3 Å². The number of piperazine rings is 1. The number of ether oxygens (including phenoxy) is 1. The Balaban J connectivity index is 1.91. The van der Waals surface area contributed by atoms with Gasteiger partial charge in [0.25, 0.3) is 5.91 Å².